The maximum atomic E-state index is 12.3. The molecule has 1 fully saturated rings. The molecule has 2 atom stereocenters. The largest absolute Gasteiger partial charge is 0.444 e. The minimum absolute atomic E-state index is 0.0704. The maximum Gasteiger partial charge on any atom is 0.410 e. The van der Waals surface area contributed by atoms with E-state index in [9.17, 15) is 4.79 Å². The molecule has 1 heterocycles. The average Bonchev–Trinajstić information content (AvgIpc) is 2.38. The predicted octanol–water partition coefficient (Wildman–Crippen LogP) is 2.96. The number of carbonyl (C=O) groups is 1. The Morgan fingerprint density at radius 2 is 1.95 bits per heavy atom. The zero-order valence-corrected chi connectivity index (χ0v) is 12.7. The Morgan fingerprint density at radius 3 is 2.55 bits per heavy atom. The van der Waals surface area contributed by atoms with Gasteiger partial charge in [-0.1, -0.05) is 30.3 Å². The molecule has 0 aromatic heterocycles. The molecule has 4 heteroatoms. The minimum atomic E-state index is -0.454. The summed E-state index contributed by atoms with van der Waals surface area (Å²) in [6.45, 7) is 9.21. The van der Waals surface area contributed by atoms with Gasteiger partial charge in [0.15, 0.2) is 0 Å². The van der Waals surface area contributed by atoms with Gasteiger partial charge in [-0.15, -0.1) is 0 Å². The van der Waals surface area contributed by atoms with Crippen molar-refractivity contribution in [3.05, 3.63) is 35.9 Å². The highest BCUT2D eigenvalue weighted by Crippen LogP contribution is 2.25. The number of amides is 1. The number of carbonyl (C=O) groups excluding carboxylic acids is 1. The van der Waals surface area contributed by atoms with E-state index in [0.29, 0.717) is 6.54 Å². The molecule has 1 saturated heterocycles. The van der Waals surface area contributed by atoms with Crippen LogP contribution in [-0.2, 0) is 4.74 Å². The molecule has 0 spiro atoms. The summed E-state index contributed by atoms with van der Waals surface area (Å²) in [7, 11) is 0. The normalized spacial score (nSPS) is 23.5. The second kappa shape index (κ2) is 5.83. The summed E-state index contributed by atoms with van der Waals surface area (Å²) in [5.41, 5.74) is 0.748. The van der Waals surface area contributed by atoms with E-state index in [4.69, 9.17) is 4.74 Å². The second-order valence-corrected chi connectivity index (χ2v) is 6.26. The third-order valence-corrected chi connectivity index (χ3v) is 3.48. The zero-order valence-electron chi connectivity index (χ0n) is 12.7. The summed E-state index contributed by atoms with van der Waals surface area (Å²) < 4.78 is 5.49. The van der Waals surface area contributed by atoms with Crippen LogP contribution in [0.1, 0.15) is 39.3 Å². The smallest absolute Gasteiger partial charge is 0.410 e. The van der Waals surface area contributed by atoms with Crippen molar-refractivity contribution >= 4 is 6.09 Å². The first kappa shape index (κ1) is 14.9. The summed E-state index contributed by atoms with van der Waals surface area (Å²) >= 11 is 0. The van der Waals surface area contributed by atoms with E-state index in [1.807, 2.05) is 43.9 Å². The van der Waals surface area contributed by atoms with Gasteiger partial charge in [0.2, 0.25) is 0 Å². The quantitative estimate of drug-likeness (QED) is 0.857. The topological polar surface area (TPSA) is 41.6 Å². The van der Waals surface area contributed by atoms with Crippen LogP contribution >= 0.6 is 0 Å². The summed E-state index contributed by atoms with van der Waals surface area (Å²) in [5, 5.41) is 3.48. The van der Waals surface area contributed by atoms with E-state index in [2.05, 4.69) is 24.4 Å². The second-order valence-electron chi connectivity index (χ2n) is 6.26. The third kappa shape index (κ3) is 3.51. The van der Waals surface area contributed by atoms with Gasteiger partial charge in [-0.3, -0.25) is 0 Å². The monoisotopic (exact) mass is 276 g/mol. The lowest BCUT2D eigenvalue weighted by atomic mass is 9.97. The number of benzene rings is 1. The van der Waals surface area contributed by atoms with Crippen LogP contribution in [0, 0.1) is 0 Å². The van der Waals surface area contributed by atoms with Gasteiger partial charge in [0, 0.05) is 13.1 Å². The van der Waals surface area contributed by atoms with Gasteiger partial charge in [0.25, 0.3) is 0 Å². The molecule has 2 rings (SSSR count). The molecule has 0 saturated carbocycles. The first-order chi connectivity index (χ1) is 9.38. The van der Waals surface area contributed by atoms with Crippen molar-refractivity contribution in [2.45, 2.75) is 45.4 Å². The van der Waals surface area contributed by atoms with Crippen molar-refractivity contribution in [1.82, 2.24) is 10.2 Å². The van der Waals surface area contributed by atoms with Gasteiger partial charge in [-0.25, -0.2) is 4.79 Å². The summed E-state index contributed by atoms with van der Waals surface area (Å²) in [6, 6.07) is 10.5. The van der Waals surface area contributed by atoms with Crippen molar-refractivity contribution < 1.29 is 9.53 Å². The summed E-state index contributed by atoms with van der Waals surface area (Å²) in [6.07, 6.45) is -0.229. The predicted molar refractivity (Wildman–Crippen MR) is 79.6 cm³/mol. The molecule has 1 aliphatic rings. The average molecular weight is 276 g/mol. The fourth-order valence-electron chi connectivity index (χ4n) is 2.53. The Kier molecular flexibility index (Phi) is 4.33. The number of ether oxygens (including phenoxy) is 1. The van der Waals surface area contributed by atoms with E-state index in [0.717, 1.165) is 6.54 Å². The van der Waals surface area contributed by atoms with Crippen molar-refractivity contribution in [2.75, 3.05) is 13.1 Å². The lowest BCUT2D eigenvalue weighted by Crippen LogP contribution is -2.55. The van der Waals surface area contributed by atoms with Crippen molar-refractivity contribution in [3.8, 4) is 0 Å². The number of nitrogens with zero attached hydrogens (tertiary/aromatic N) is 1. The molecule has 0 aliphatic carbocycles. The van der Waals surface area contributed by atoms with E-state index in [-0.39, 0.29) is 18.2 Å². The fraction of sp³-hybridized carbons (Fsp3) is 0.562. The molecular formula is C16H24N2O2. The van der Waals surface area contributed by atoms with Crippen molar-refractivity contribution in [3.63, 3.8) is 0 Å². The van der Waals surface area contributed by atoms with Crippen LogP contribution in [0.3, 0.4) is 0 Å². The summed E-state index contributed by atoms with van der Waals surface area (Å²) in [5.74, 6) is 0. The number of piperazine rings is 1. The van der Waals surface area contributed by atoms with Gasteiger partial charge in [0.1, 0.15) is 5.60 Å². The highest BCUT2D eigenvalue weighted by molar-refractivity contribution is 5.69. The number of hydrogen-bond acceptors (Lipinski definition) is 3. The van der Waals surface area contributed by atoms with Gasteiger partial charge in [0.05, 0.1) is 12.1 Å². The van der Waals surface area contributed by atoms with Crippen molar-refractivity contribution in [1.29, 1.82) is 0 Å². The maximum absolute atomic E-state index is 12.3. The van der Waals surface area contributed by atoms with Gasteiger partial charge in [-0.05, 0) is 33.3 Å². The molecule has 1 aromatic carbocycles. The molecule has 1 aromatic rings. The van der Waals surface area contributed by atoms with Gasteiger partial charge < -0.3 is 15.0 Å². The van der Waals surface area contributed by atoms with Crippen LogP contribution in [0.2, 0.25) is 0 Å². The van der Waals surface area contributed by atoms with E-state index < -0.39 is 5.60 Å². The SMILES string of the molecule is CC1C(c2ccccc2)NCCN1C(=O)OC(C)(C)C. The molecule has 0 radical (unpaired) electrons. The van der Waals surface area contributed by atoms with Crippen LogP contribution < -0.4 is 5.32 Å². The molecule has 1 amide bonds. The molecule has 1 aliphatic heterocycles. The van der Waals surface area contributed by atoms with E-state index in [1.54, 1.807) is 0 Å². The molecule has 2 unspecified atom stereocenters. The highest BCUT2D eigenvalue weighted by atomic mass is 16.6. The van der Waals surface area contributed by atoms with Crippen LogP contribution in [-0.4, -0.2) is 35.7 Å². The van der Waals surface area contributed by atoms with Gasteiger partial charge >= 0.3 is 6.09 Å². The zero-order chi connectivity index (χ0) is 14.8. The molecule has 110 valence electrons. The molecule has 0 bridgehead atoms. The van der Waals surface area contributed by atoms with Gasteiger partial charge in [-0.2, -0.15) is 0 Å². The lowest BCUT2D eigenvalue weighted by Gasteiger charge is -2.40. The Bertz CT molecular complexity index is 453. The Labute approximate surface area is 121 Å². The van der Waals surface area contributed by atoms with Crippen LogP contribution in [0.15, 0.2) is 30.3 Å². The molecule has 1 N–H and O–H groups in total. The number of nitrogens with one attached hydrogen (secondary N) is 1. The minimum Gasteiger partial charge on any atom is -0.444 e. The summed E-state index contributed by atoms with van der Waals surface area (Å²) in [4.78, 5) is 14.1. The number of rotatable bonds is 1. The van der Waals surface area contributed by atoms with E-state index >= 15 is 0 Å². The van der Waals surface area contributed by atoms with Crippen LogP contribution in [0.5, 0.6) is 0 Å². The highest BCUT2D eigenvalue weighted by Gasteiger charge is 2.34. The van der Waals surface area contributed by atoms with Crippen LogP contribution in [0.25, 0.3) is 0 Å². The Hall–Kier alpha value is -1.55. The standard InChI is InChI=1S/C16H24N2O2/c1-12-14(13-8-6-5-7-9-13)17-10-11-18(12)15(19)20-16(2,3)4/h5-9,12,14,17H,10-11H2,1-4H3. The van der Waals surface area contributed by atoms with E-state index in [1.165, 1.54) is 5.56 Å². The molecule has 20 heavy (non-hydrogen) atoms. The first-order valence-corrected chi connectivity index (χ1v) is 7.16. The number of hydrogen-bond donors (Lipinski definition) is 1. The van der Waals surface area contributed by atoms with Crippen LogP contribution in [0.4, 0.5) is 4.79 Å². The molecule has 4 nitrogen and oxygen atoms in total. The van der Waals surface area contributed by atoms with Crippen molar-refractivity contribution in [2.24, 2.45) is 0 Å². The lowest BCUT2D eigenvalue weighted by molar-refractivity contribution is 0.00811. The third-order valence-electron chi connectivity index (χ3n) is 3.48. The fourth-order valence-corrected chi connectivity index (χ4v) is 2.53. The first-order valence-electron chi connectivity index (χ1n) is 7.16. The Morgan fingerprint density at radius 1 is 1.30 bits per heavy atom. The Balaban J connectivity index is 2.11. The molecular weight excluding hydrogens is 252 g/mol.